The predicted molar refractivity (Wildman–Crippen MR) is 67.9 cm³/mol. The maximum atomic E-state index is 13.6. The van der Waals surface area contributed by atoms with Gasteiger partial charge in [0.15, 0.2) is 11.6 Å². The zero-order chi connectivity index (χ0) is 13.2. The molecule has 1 aromatic carbocycles. The summed E-state index contributed by atoms with van der Waals surface area (Å²) >= 11 is 0. The van der Waals surface area contributed by atoms with Gasteiger partial charge in [0.2, 0.25) is 0 Å². The van der Waals surface area contributed by atoms with E-state index in [4.69, 9.17) is 10.5 Å². The average molecular weight is 253 g/mol. The average Bonchev–Trinajstić information content (AvgIpc) is 3.21. The molecule has 0 heterocycles. The van der Waals surface area contributed by atoms with Crippen LogP contribution in [0.2, 0.25) is 0 Å². The predicted octanol–water partition coefficient (Wildman–Crippen LogP) is 2.17. The topological polar surface area (TPSA) is 55.5 Å². The van der Waals surface area contributed by atoms with Crippen molar-refractivity contribution in [2.24, 2.45) is 11.7 Å². The standard InChI is InChI=1S/C14H20FNO2/c1-2-14(17,9-16)11-5-6-12(15)13(7-11)18-8-10-3-4-10/h5-7,10,17H,2-4,8-9,16H2,1H3/t14-/m1/s1. The van der Waals surface area contributed by atoms with Crippen LogP contribution in [-0.2, 0) is 5.60 Å². The molecule has 100 valence electrons. The van der Waals surface area contributed by atoms with Crippen molar-refractivity contribution in [3.63, 3.8) is 0 Å². The first-order valence-corrected chi connectivity index (χ1v) is 6.44. The highest BCUT2D eigenvalue weighted by molar-refractivity contribution is 5.34. The molecule has 3 N–H and O–H groups in total. The van der Waals surface area contributed by atoms with E-state index in [9.17, 15) is 9.50 Å². The van der Waals surface area contributed by atoms with Gasteiger partial charge in [0.05, 0.1) is 6.61 Å². The molecule has 1 aromatic rings. The van der Waals surface area contributed by atoms with Gasteiger partial charge in [-0.15, -0.1) is 0 Å². The molecule has 1 atom stereocenters. The molecule has 0 radical (unpaired) electrons. The zero-order valence-corrected chi connectivity index (χ0v) is 10.7. The molecule has 0 unspecified atom stereocenters. The van der Waals surface area contributed by atoms with Crippen molar-refractivity contribution in [3.05, 3.63) is 29.6 Å². The first-order chi connectivity index (χ1) is 8.59. The lowest BCUT2D eigenvalue weighted by molar-refractivity contribution is 0.0415. The Labute approximate surface area is 107 Å². The molecule has 2 rings (SSSR count). The molecule has 0 saturated heterocycles. The fourth-order valence-electron chi connectivity index (χ4n) is 1.86. The summed E-state index contributed by atoms with van der Waals surface area (Å²) < 4.78 is 19.1. The maximum Gasteiger partial charge on any atom is 0.165 e. The molecule has 0 bridgehead atoms. The van der Waals surface area contributed by atoms with Crippen LogP contribution in [0.5, 0.6) is 5.75 Å². The monoisotopic (exact) mass is 253 g/mol. The summed E-state index contributed by atoms with van der Waals surface area (Å²) in [5, 5.41) is 10.3. The Bertz CT molecular complexity index is 414. The van der Waals surface area contributed by atoms with Gasteiger partial charge < -0.3 is 15.6 Å². The van der Waals surface area contributed by atoms with E-state index in [1.807, 2.05) is 6.92 Å². The Morgan fingerprint density at radius 3 is 2.78 bits per heavy atom. The first kappa shape index (κ1) is 13.3. The van der Waals surface area contributed by atoms with E-state index in [0.717, 1.165) is 12.8 Å². The second-order valence-electron chi connectivity index (χ2n) is 4.99. The summed E-state index contributed by atoms with van der Waals surface area (Å²) in [6.07, 6.45) is 2.79. The highest BCUT2D eigenvalue weighted by atomic mass is 19.1. The normalized spacial score (nSPS) is 18.4. The smallest absolute Gasteiger partial charge is 0.165 e. The summed E-state index contributed by atoms with van der Waals surface area (Å²) in [7, 11) is 0. The van der Waals surface area contributed by atoms with Gasteiger partial charge in [0, 0.05) is 6.54 Å². The molecule has 0 aromatic heterocycles. The Balaban J connectivity index is 2.18. The molecule has 1 saturated carbocycles. The summed E-state index contributed by atoms with van der Waals surface area (Å²) in [5.41, 5.74) is 5.09. The minimum atomic E-state index is -1.11. The van der Waals surface area contributed by atoms with Gasteiger partial charge in [-0.05, 0) is 42.9 Å². The van der Waals surface area contributed by atoms with Crippen LogP contribution in [0.3, 0.4) is 0 Å². The molecule has 1 aliphatic rings. The number of ether oxygens (including phenoxy) is 1. The SMILES string of the molecule is CC[C@@](O)(CN)c1ccc(F)c(OCC2CC2)c1. The van der Waals surface area contributed by atoms with E-state index in [1.54, 1.807) is 12.1 Å². The van der Waals surface area contributed by atoms with Crippen LogP contribution in [0.4, 0.5) is 4.39 Å². The van der Waals surface area contributed by atoms with Crippen molar-refractivity contribution in [3.8, 4) is 5.75 Å². The zero-order valence-electron chi connectivity index (χ0n) is 10.7. The number of benzene rings is 1. The van der Waals surface area contributed by atoms with Gasteiger partial charge in [-0.1, -0.05) is 13.0 Å². The van der Waals surface area contributed by atoms with Crippen LogP contribution in [0, 0.1) is 11.7 Å². The van der Waals surface area contributed by atoms with Crippen molar-refractivity contribution in [2.75, 3.05) is 13.2 Å². The highest BCUT2D eigenvalue weighted by Gasteiger charge is 2.27. The molecule has 0 amide bonds. The van der Waals surface area contributed by atoms with E-state index < -0.39 is 11.4 Å². The van der Waals surface area contributed by atoms with Crippen LogP contribution in [0.25, 0.3) is 0 Å². The van der Waals surface area contributed by atoms with E-state index in [1.165, 1.54) is 6.07 Å². The lowest BCUT2D eigenvalue weighted by Crippen LogP contribution is -2.34. The van der Waals surface area contributed by atoms with Crippen LogP contribution < -0.4 is 10.5 Å². The van der Waals surface area contributed by atoms with Gasteiger partial charge in [-0.3, -0.25) is 0 Å². The third kappa shape index (κ3) is 2.82. The van der Waals surface area contributed by atoms with E-state index in [2.05, 4.69) is 0 Å². The van der Waals surface area contributed by atoms with Crippen LogP contribution >= 0.6 is 0 Å². The number of hydrogen-bond acceptors (Lipinski definition) is 3. The van der Waals surface area contributed by atoms with E-state index in [0.29, 0.717) is 24.5 Å². The van der Waals surface area contributed by atoms with Crippen molar-refractivity contribution in [2.45, 2.75) is 31.8 Å². The van der Waals surface area contributed by atoms with Gasteiger partial charge in [-0.25, -0.2) is 4.39 Å². The third-order valence-corrected chi connectivity index (χ3v) is 3.56. The minimum absolute atomic E-state index is 0.108. The van der Waals surface area contributed by atoms with E-state index >= 15 is 0 Å². The van der Waals surface area contributed by atoms with Gasteiger partial charge in [0.25, 0.3) is 0 Å². The number of halogens is 1. The van der Waals surface area contributed by atoms with Crippen molar-refractivity contribution >= 4 is 0 Å². The number of nitrogens with two attached hydrogens (primary N) is 1. The van der Waals surface area contributed by atoms with Gasteiger partial charge in [0.1, 0.15) is 5.60 Å². The maximum absolute atomic E-state index is 13.6. The molecular formula is C14H20FNO2. The van der Waals surface area contributed by atoms with E-state index in [-0.39, 0.29) is 12.3 Å². The minimum Gasteiger partial charge on any atom is -0.490 e. The van der Waals surface area contributed by atoms with Gasteiger partial charge in [-0.2, -0.15) is 0 Å². The van der Waals surface area contributed by atoms with Crippen LogP contribution in [0.15, 0.2) is 18.2 Å². The second-order valence-corrected chi connectivity index (χ2v) is 4.99. The summed E-state index contributed by atoms with van der Waals surface area (Å²) in [5.74, 6) is 0.377. The van der Waals surface area contributed by atoms with Crippen molar-refractivity contribution < 1.29 is 14.2 Å². The summed E-state index contributed by atoms with van der Waals surface area (Å²) in [6, 6.07) is 4.46. The summed E-state index contributed by atoms with van der Waals surface area (Å²) in [6.45, 7) is 2.51. The number of rotatable bonds is 6. The summed E-state index contributed by atoms with van der Waals surface area (Å²) in [4.78, 5) is 0. The fourth-order valence-corrected chi connectivity index (χ4v) is 1.86. The third-order valence-electron chi connectivity index (χ3n) is 3.56. The van der Waals surface area contributed by atoms with Gasteiger partial charge >= 0.3 is 0 Å². The second kappa shape index (κ2) is 5.24. The van der Waals surface area contributed by atoms with Crippen molar-refractivity contribution in [1.82, 2.24) is 0 Å². The number of hydrogen-bond donors (Lipinski definition) is 2. The lowest BCUT2D eigenvalue weighted by Gasteiger charge is -2.26. The molecular weight excluding hydrogens is 233 g/mol. The molecule has 3 nitrogen and oxygen atoms in total. The largest absolute Gasteiger partial charge is 0.490 e. The molecule has 1 fully saturated rings. The molecule has 0 spiro atoms. The quantitative estimate of drug-likeness (QED) is 0.817. The molecule has 4 heteroatoms. The fraction of sp³-hybridized carbons (Fsp3) is 0.571. The first-order valence-electron chi connectivity index (χ1n) is 6.44. The highest BCUT2D eigenvalue weighted by Crippen LogP contribution is 2.32. The Hall–Kier alpha value is -1.13. The Morgan fingerprint density at radius 2 is 2.22 bits per heavy atom. The Kier molecular flexibility index (Phi) is 3.88. The van der Waals surface area contributed by atoms with Crippen LogP contribution in [0.1, 0.15) is 31.7 Å². The van der Waals surface area contributed by atoms with Crippen molar-refractivity contribution in [1.29, 1.82) is 0 Å². The molecule has 1 aliphatic carbocycles. The van der Waals surface area contributed by atoms with Crippen LogP contribution in [-0.4, -0.2) is 18.3 Å². The lowest BCUT2D eigenvalue weighted by atomic mass is 9.91. The molecule has 0 aliphatic heterocycles. The molecule has 18 heavy (non-hydrogen) atoms. The Morgan fingerprint density at radius 1 is 1.50 bits per heavy atom. The number of aliphatic hydroxyl groups is 1.